The highest BCUT2D eigenvalue weighted by Gasteiger charge is 2.40. The number of rotatable bonds is 3. The van der Waals surface area contributed by atoms with E-state index in [1.54, 1.807) is 0 Å². The van der Waals surface area contributed by atoms with Crippen molar-refractivity contribution in [3.63, 3.8) is 0 Å². The SMILES string of the molecule is NCc1ccc(CN=C2Nc3ccccc3NC23CCNCC3)cc1. The number of anilines is 2. The molecule has 1 saturated heterocycles. The molecule has 2 aliphatic heterocycles. The molecule has 0 aromatic heterocycles. The van der Waals surface area contributed by atoms with E-state index in [1.807, 2.05) is 0 Å². The number of fused-ring (bicyclic) bond motifs is 1. The Hall–Kier alpha value is -2.37. The zero-order valence-electron chi connectivity index (χ0n) is 14.4. The maximum Gasteiger partial charge on any atom is 0.127 e. The number of nitrogens with one attached hydrogen (secondary N) is 3. The van der Waals surface area contributed by atoms with Crippen LogP contribution in [0.25, 0.3) is 0 Å². The molecule has 0 amide bonds. The van der Waals surface area contributed by atoms with E-state index in [1.165, 1.54) is 5.56 Å². The summed E-state index contributed by atoms with van der Waals surface area (Å²) in [6.45, 7) is 3.25. The second kappa shape index (κ2) is 6.86. The molecule has 130 valence electrons. The third kappa shape index (κ3) is 3.25. The van der Waals surface area contributed by atoms with Crippen LogP contribution in [0.1, 0.15) is 24.0 Å². The van der Waals surface area contributed by atoms with Gasteiger partial charge < -0.3 is 21.7 Å². The van der Waals surface area contributed by atoms with Gasteiger partial charge in [-0.15, -0.1) is 0 Å². The number of nitrogens with zero attached hydrogens (tertiary/aromatic N) is 1. The van der Waals surface area contributed by atoms with E-state index in [-0.39, 0.29) is 5.54 Å². The number of hydrogen-bond acceptors (Lipinski definition) is 4. The van der Waals surface area contributed by atoms with Gasteiger partial charge in [-0.3, -0.25) is 4.99 Å². The van der Waals surface area contributed by atoms with Crippen LogP contribution in [0.3, 0.4) is 0 Å². The van der Waals surface area contributed by atoms with Crippen molar-refractivity contribution in [1.29, 1.82) is 0 Å². The van der Waals surface area contributed by atoms with Crippen molar-refractivity contribution in [2.24, 2.45) is 10.7 Å². The molecule has 2 aromatic rings. The Balaban J connectivity index is 1.62. The third-order valence-electron chi connectivity index (χ3n) is 5.14. The second-order valence-electron chi connectivity index (χ2n) is 6.81. The molecule has 25 heavy (non-hydrogen) atoms. The molecule has 0 radical (unpaired) electrons. The van der Waals surface area contributed by atoms with Gasteiger partial charge in [-0.05, 0) is 49.2 Å². The van der Waals surface area contributed by atoms with Crippen LogP contribution in [0, 0.1) is 0 Å². The number of aliphatic imine (C=N–C) groups is 1. The molecule has 0 unspecified atom stereocenters. The van der Waals surface area contributed by atoms with Gasteiger partial charge in [-0.25, -0.2) is 0 Å². The third-order valence-corrected chi connectivity index (χ3v) is 5.14. The van der Waals surface area contributed by atoms with E-state index in [4.69, 9.17) is 10.7 Å². The maximum atomic E-state index is 5.68. The van der Waals surface area contributed by atoms with Crippen molar-refractivity contribution in [3.8, 4) is 0 Å². The predicted octanol–water partition coefficient (Wildman–Crippen LogP) is 2.70. The number of para-hydroxylation sites is 2. The average Bonchev–Trinajstić information content (AvgIpc) is 2.67. The first kappa shape index (κ1) is 16.1. The lowest BCUT2D eigenvalue weighted by molar-refractivity contribution is 0.419. The Labute approximate surface area is 148 Å². The van der Waals surface area contributed by atoms with Crippen LogP contribution in [0.4, 0.5) is 11.4 Å². The van der Waals surface area contributed by atoms with Crippen LogP contribution in [0.2, 0.25) is 0 Å². The lowest BCUT2D eigenvalue weighted by Gasteiger charge is -2.44. The van der Waals surface area contributed by atoms with Gasteiger partial charge in [-0.1, -0.05) is 36.4 Å². The molecule has 1 fully saturated rings. The first-order chi connectivity index (χ1) is 12.3. The highest BCUT2D eigenvalue weighted by Crippen LogP contribution is 2.35. The zero-order valence-corrected chi connectivity index (χ0v) is 14.4. The van der Waals surface area contributed by atoms with Crippen molar-refractivity contribution in [1.82, 2.24) is 5.32 Å². The summed E-state index contributed by atoms with van der Waals surface area (Å²) in [5, 5.41) is 10.8. The van der Waals surface area contributed by atoms with E-state index < -0.39 is 0 Å². The van der Waals surface area contributed by atoms with Gasteiger partial charge in [-0.2, -0.15) is 0 Å². The Morgan fingerprint density at radius 2 is 1.60 bits per heavy atom. The van der Waals surface area contributed by atoms with E-state index in [0.29, 0.717) is 13.1 Å². The van der Waals surface area contributed by atoms with E-state index >= 15 is 0 Å². The number of amidine groups is 1. The summed E-state index contributed by atoms with van der Waals surface area (Å²) in [6, 6.07) is 16.8. The van der Waals surface area contributed by atoms with Gasteiger partial charge in [0.1, 0.15) is 5.84 Å². The van der Waals surface area contributed by atoms with Crippen LogP contribution >= 0.6 is 0 Å². The zero-order chi connectivity index (χ0) is 17.1. The van der Waals surface area contributed by atoms with Gasteiger partial charge in [0.05, 0.1) is 23.5 Å². The van der Waals surface area contributed by atoms with E-state index in [0.717, 1.165) is 48.7 Å². The highest BCUT2D eigenvalue weighted by atomic mass is 15.2. The molecule has 2 aliphatic rings. The Morgan fingerprint density at radius 3 is 2.32 bits per heavy atom. The molecule has 5 nitrogen and oxygen atoms in total. The van der Waals surface area contributed by atoms with Gasteiger partial charge >= 0.3 is 0 Å². The number of nitrogens with two attached hydrogens (primary N) is 1. The largest absolute Gasteiger partial charge is 0.371 e. The molecule has 1 spiro atoms. The predicted molar refractivity (Wildman–Crippen MR) is 104 cm³/mol. The molecule has 5 N–H and O–H groups in total. The van der Waals surface area contributed by atoms with Gasteiger partial charge in [0.25, 0.3) is 0 Å². The topological polar surface area (TPSA) is 74.5 Å². The molecular weight excluding hydrogens is 310 g/mol. The Kier molecular flexibility index (Phi) is 4.42. The number of piperidine rings is 1. The van der Waals surface area contributed by atoms with Crippen LogP contribution in [-0.4, -0.2) is 24.5 Å². The normalized spacial score (nSPS) is 20.0. The number of benzene rings is 2. The summed E-state index contributed by atoms with van der Waals surface area (Å²) in [5.41, 5.74) is 10.2. The lowest BCUT2D eigenvalue weighted by atomic mass is 9.84. The summed E-state index contributed by atoms with van der Waals surface area (Å²) in [5.74, 6) is 1.05. The van der Waals surface area contributed by atoms with Crippen molar-refractivity contribution in [2.45, 2.75) is 31.5 Å². The standard InChI is InChI=1S/C20H25N5/c21-13-15-5-7-16(8-6-15)14-23-19-20(9-11-22-12-10-20)25-18-4-2-1-3-17(18)24-19/h1-8,22,25H,9-14,21H2,(H,23,24). The Bertz CT molecular complexity index is 760. The van der Waals surface area contributed by atoms with Crippen molar-refractivity contribution in [3.05, 3.63) is 59.7 Å². The fourth-order valence-corrected chi connectivity index (χ4v) is 3.62. The highest BCUT2D eigenvalue weighted by molar-refractivity contribution is 6.09. The molecule has 2 heterocycles. The van der Waals surface area contributed by atoms with Crippen LogP contribution in [0.5, 0.6) is 0 Å². The second-order valence-corrected chi connectivity index (χ2v) is 6.81. The summed E-state index contributed by atoms with van der Waals surface area (Å²) < 4.78 is 0. The monoisotopic (exact) mass is 335 g/mol. The molecule has 0 aliphatic carbocycles. The fourth-order valence-electron chi connectivity index (χ4n) is 3.62. The van der Waals surface area contributed by atoms with Gasteiger partial charge in [0.2, 0.25) is 0 Å². The molecular formula is C20H25N5. The van der Waals surface area contributed by atoms with Gasteiger partial charge in [0.15, 0.2) is 0 Å². The fraction of sp³-hybridized carbons (Fsp3) is 0.350. The van der Waals surface area contributed by atoms with Crippen molar-refractivity contribution in [2.75, 3.05) is 23.7 Å². The van der Waals surface area contributed by atoms with Crippen LogP contribution in [-0.2, 0) is 13.1 Å². The van der Waals surface area contributed by atoms with E-state index in [2.05, 4.69) is 64.5 Å². The molecule has 0 bridgehead atoms. The molecule has 2 aromatic carbocycles. The first-order valence-electron chi connectivity index (χ1n) is 8.97. The van der Waals surface area contributed by atoms with Crippen molar-refractivity contribution < 1.29 is 0 Å². The first-order valence-corrected chi connectivity index (χ1v) is 8.97. The maximum absolute atomic E-state index is 5.68. The minimum atomic E-state index is -0.100. The average molecular weight is 335 g/mol. The van der Waals surface area contributed by atoms with Crippen molar-refractivity contribution >= 4 is 17.2 Å². The van der Waals surface area contributed by atoms with Crippen LogP contribution < -0.4 is 21.7 Å². The quantitative estimate of drug-likeness (QED) is 0.696. The van der Waals surface area contributed by atoms with E-state index in [9.17, 15) is 0 Å². The van der Waals surface area contributed by atoms with Gasteiger partial charge in [0, 0.05) is 6.54 Å². The number of hydrogen-bond donors (Lipinski definition) is 4. The molecule has 0 saturated carbocycles. The molecule has 4 rings (SSSR count). The van der Waals surface area contributed by atoms with Crippen LogP contribution in [0.15, 0.2) is 53.5 Å². The minimum Gasteiger partial charge on any atom is -0.371 e. The smallest absolute Gasteiger partial charge is 0.127 e. The Morgan fingerprint density at radius 1 is 0.920 bits per heavy atom. The minimum absolute atomic E-state index is 0.100. The summed E-state index contributed by atoms with van der Waals surface area (Å²) >= 11 is 0. The summed E-state index contributed by atoms with van der Waals surface area (Å²) in [4.78, 5) is 4.97. The molecule has 5 heteroatoms. The molecule has 0 atom stereocenters. The lowest BCUT2D eigenvalue weighted by Crippen LogP contribution is -2.57. The summed E-state index contributed by atoms with van der Waals surface area (Å²) in [6.07, 6.45) is 2.05. The summed E-state index contributed by atoms with van der Waals surface area (Å²) in [7, 11) is 0.